The molecule has 1 N–H and O–H groups in total. The minimum Gasteiger partial charge on any atom is -0.452 e. The van der Waals surface area contributed by atoms with Gasteiger partial charge < -0.3 is 10.1 Å². The molecule has 0 bridgehead atoms. The monoisotopic (exact) mass is 345 g/mol. The average Bonchev–Trinajstić information content (AvgIpc) is 2.60. The molecule has 5 heteroatoms. The number of amides is 1. The van der Waals surface area contributed by atoms with Crippen molar-refractivity contribution in [2.75, 3.05) is 11.9 Å². The van der Waals surface area contributed by atoms with Crippen molar-refractivity contribution in [1.82, 2.24) is 0 Å². The molecule has 2 aromatic carbocycles. The predicted molar refractivity (Wildman–Crippen MR) is 95.5 cm³/mol. The minimum atomic E-state index is -0.619. The van der Waals surface area contributed by atoms with Gasteiger partial charge in [0.2, 0.25) is 0 Å². The Morgan fingerprint density at radius 2 is 1.79 bits per heavy atom. The molecule has 0 saturated carbocycles. The number of hydrogen-bond acceptors (Lipinski definition) is 3. The zero-order valence-corrected chi connectivity index (χ0v) is 14.5. The number of halogens is 1. The minimum absolute atomic E-state index is 0.243. The summed E-state index contributed by atoms with van der Waals surface area (Å²) in [6, 6.07) is 14.2. The number of esters is 1. The molecule has 0 aliphatic carbocycles. The first-order valence-corrected chi connectivity index (χ1v) is 8.21. The number of ether oxygens (including phenoxy) is 1. The van der Waals surface area contributed by atoms with Crippen LogP contribution in [0.3, 0.4) is 0 Å². The molecule has 1 atom stereocenters. The van der Waals surface area contributed by atoms with E-state index in [0.29, 0.717) is 10.9 Å². The number of nitrogens with one attached hydrogen (secondary N) is 1. The fraction of sp³-hybridized carbons (Fsp3) is 0.263. The molecular weight excluding hydrogens is 326 g/mol. The molecule has 2 rings (SSSR count). The molecule has 0 radical (unpaired) electrons. The molecule has 0 heterocycles. The summed E-state index contributed by atoms with van der Waals surface area (Å²) in [6.45, 7) is 3.83. The summed E-state index contributed by atoms with van der Waals surface area (Å²) in [7, 11) is 0. The first kappa shape index (κ1) is 18.0. The Kier molecular flexibility index (Phi) is 6.38. The van der Waals surface area contributed by atoms with E-state index < -0.39 is 5.97 Å². The molecule has 1 amide bonds. The van der Waals surface area contributed by atoms with E-state index in [0.717, 1.165) is 17.7 Å². The van der Waals surface area contributed by atoms with Crippen LogP contribution < -0.4 is 5.32 Å². The number of benzene rings is 2. The normalized spacial score (nSPS) is 11.6. The van der Waals surface area contributed by atoms with E-state index in [1.54, 1.807) is 24.3 Å². The second-order valence-electron chi connectivity index (χ2n) is 5.50. The Bertz CT molecular complexity index is 730. The third-order valence-electron chi connectivity index (χ3n) is 3.81. The molecule has 0 unspecified atom stereocenters. The van der Waals surface area contributed by atoms with Crippen LogP contribution in [0, 0.1) is 0 Å². The van der Waals surface area contributed by atoms with Crippen LogP contribution >= 0.6 is 11.6 Å². The largest absolute Gasteiger partial charge is 0.452 e. The van der Waals surface area contributed by atoms with Gasteiger partial charge in [-0.2, -0.15) is 0 Å². The molecular formula is C19H20ClNO3. The number of carbonyl (C=O) groups is 2. The lowest BCUT2D eigenvalue weighted by Gasteiger charge is -2.15. The van der Waals surface area contributed by atoms with Crippen LogP contribution in [-0.2, 0) is 9.53 Å². The first-order chi connectivity index (χ1) is 11.5. The zero-order valence-electron chi connectivity index (χ0n) is 13.7. The lowest BCUT2D eigenvalue weighted by atomic mass is 9.97. The molecule has 24 heavy (non-hydrogen) atoms. The first-order valence-electron chi connectivity index (χ1n) is 7.83. The number of carbonyl (C=O) groups excluding carboxylic acids is 2. The standard InChI is InChI=1S/C19H20ClNO3/c1-3-13(2)14-8-5-7-11-17(14)21-18(22)12-24-19(23)15-9-4-6-10-16(15)20/h4-11,13H,3,12H2,1-2H3,(H,21,22)/t13-/m0/s1. The van der Waals surface area contributed by atoms with Crippen LogP contribution in [-0.4, -0.2) is 18.5 Å². The summed E-state index contributed by atoms with van der Waals surface area (Å²) in [5.41, 5.74) is 2.04. The van der Waals surface area contributed by atoms with Crippen molar-refractivity contribution in [3.8, 4) is 0 Å². The van der Waals surface area contributed by atoms with E-state index in [4.69, 9.17) is 16.3 Å². The second-order valence-corrected chi connectivity index (χ2v) is 5.91. The highest BCUT2D eigenvalue weighted by molar-refractivity contribution is 6.33. The molecule has 0 spiro atoms. The molecule has 0 aliphatic rings. The van der Waals surface area contributed by atoms with Gasteiger partial charge in [0, 0.05) is 5.69 Å². The van der Waals surface area contributed by atoms with Gasteiger partial charge in [0.15, 0.2) is 6.61 Å². The highest BCUT2D eigenvalue weighted by Crippen LogP contribution is 2.26. The summed E-state index contributed by atoms with van der Waals surface area (Å²) in [5.74, 6) is -0.677. The van der Waals surface area contributed by atoms with Gasteiger partial charge >= 0.3 is 5.97 Å². The number of hydrogen-bond donors (Lipinski definition) is 1. The van der Waals surface area contributed by atoms with E-state index >= 15 is 0 Å². The Balaban J connectivity index is 1.97. The molecule has 4 nitrogen and oxygen atoms in total. The second kappa shape index (κ2) is 8.50. The fourth-order valence-electron chi connectivity index (χ4n) is 2.28. The van der Waals surface area contributed by atoms with Gasteiger partial charge in [-0.15, -0.1) is 0 Å². The summed E-state index contributed by atoms with van der Waals surface area (Å²) < 4.78 is 5.03. The topological polar surface area (TPSA) is 55.4 Å². The molecule has 0 fully saturated rings. The third kappa shape index (κ3) is 4.59. The Morgan fingerprint density at radius 1 is 1.12 bits per heavy atom. The smallest absolute Gasteiger partial charge is 0.340 e. The van der Waals surface area contributed by atoms with Gasteiger partial charge in [0.25, 0.3) is 5.91 Å². The Labute approximate surface area is 146 Å². The van der Waals surface area contributed by atoms with Gasteiger partial charge in [-0.1, -0.05) is 55.8 Å². The lowest BCUT2D eigenvalue weighted by Crippen LogP contribution is -2.21. The average molecular weight is 346 g/mol. The molecule has 0 aliphatic heterocycles. The molecule has 0 aromatic heterocycles. The number of rotatable bonds is 6. The summed E-state index contributed by atoms with van der Waals surface area (Å²) in [6.07, 6.45) is 0.967. The van der Waals surface area contributed by atoms with Crippen molar-refractivity contribution < 1.29 is 14.3 Å². The van der Waals surface area contributed by atoms with Gasteiger partial charge in [-0.05, 0) is 36.1 Å². The quantitative estimate of drug-likeness (QED) is 0.775. The molecule has 0 saturated heterocycles. The van der Waals surface area contributed by atoms with Gasteiger partial charge in [-0.25, -0.2) is 4.79 Å². The number of anilines is 1. The van der Waals surface area contributed by atoms with Gasteiger partial charge in [-0.3, -0.25) is 4.79 Å². The van der Waals surface area contributed by atoms with Crippen molar-refractivity contribution in [3.63, 3.8) is 0 Å². The van der Waals surface area contributed by atoms with E-state index in [1.807, 2.05) is 24.3 Å². The van der Waals surface area contributed by atoms with E-state index in [1.165, 1.54) is 0 Å². The van der Waals surface area contributed by atoms with Crippen LogP contribution in [0.2, 0.25) is 5.02 Å². The van der Waals surface area contributed by atoms with Crippen molar-refractivity contribution >= 4 is 29.2 Å². The van der Waals surface area contributed by atoms with Gasteiger partial charge in [0.1, 0.15) is 0 Å². The number of para-hydroxylation sites is 1. The van der Waals surface area contributed by atoms with E-state index in [-0.39, 0.29) is 18.1 Å². The highest BCUT2D eigenvalue weighted by Gasteiger charge is 2.15. The maximum Gasteiger partial charge on any atom is 0.340 e. The SMILES string of the molecule is CC[C@H](C)c1ccccc1NC(=O)COC(=O)c1ccccc1Cl. The maximum absolute atomic E-state index is 12.1. The van der Waals surface area contributed by atoms with Gasteiger partial charge in [0.05, 0.1) is 10.6 Å². The van der Waals surface area contributed by atoms with E-state index in [2.05, 4.69) is 19.2 Å². The van der Waals surface area contributed by atoms with Crippen LogP contribution in [0.15, 0.2) is 48.5 Å². The van der Waals surface area contributed by atoms with Crippen LogP contribution in [0.25, 0.3) is 0 Å². The van der Waals surface area contributed by atoms with Crippen molar-refractivity contribution in [3.05, 3.63) is 64.7 Å². The summed E-state index contributed by atoms with van der Waals surface area (Å²) in [4.78, 5) is 24.0. The summed E-state index contributed by atoms with van der Waals surface area (Å²) >= 11 is 5.93. The molecule has 2 aromatic rings. The van der Waals surface area contributed by atoms with Crippen LogP contribution in [0.5, 0.6) is 0 Å². The fourth-order valence-corrected chi connectivity index (χ4v) is 2.50. The lowest BCUT2D eigenvalue weighted by molar-refractivity contribution is -0.119. The maximum atomic E-state index is 12.1. The highest BCUT2D eigenvalue weighted by atomic mass is 35.5. The Hall–Kier alpha value is -2.33. The Morgan fingerprint density at radius 3 is 2.50 bits per heavy atom. The van der Waals surface area contributed by atoms with Crippen LogP contribution in [0.1, 0.15) is 42.1 Å². The third-order valence-corrected chi connectivity index (χ3v) is 4.14. The summed E-state index contributed by atoms with van der Waals surface area (Å²) in [5, 5.41) is 3.09. The van der Waals surface area contributed by atoms with Crippen LogP contribution in [0.4, 0.5) is 5.69 Å². The molecule has 126 valence electrons. The predicted octanol–water partition coefficient (Wildman–Crippen LogP) is 4.65. The van der Waals surface area contributed by atoms with Crippen molar-refractivity contribution in [1.29, 1.82) is 0 Å². The van der Waals surface area contributed by atoms with Crippen molar-refractivity contribution in [2.24, 2.45) is 0 Å². The van der Waals surface area contributed by atoms with Crippen molar-refractivity contribution in [2.45, 2.75) is 26.2 Å². The zero-order chi connectivity index (χ0) is 17.5. The van der Waals surface area contributed by atoms with E-state index in [9.17, 15) is 9.59 Å².